The van der Waals surface area contributed by atoms with Gasteiger partial charge in [0.15, 0.2) is 0 Å². The fraction of sp³-hybridized carbons (Fsp3) is 0.167. The Kier molecular flexibility index (Phi) is 3.18. The predicted octanol–water partition coefficient (Wildman–Crippen LogP) is 1.65. The third kappa shape index (κ3) is 2.42. The number of nitrogens with zero attached hydrogens (tertiary/aromatic N) is 1. The third-order valence-corrected chi connectivity index (χ3v) is 2.41. The number of aromatic amines is 1. The molecule has 1 amide bonds. The minimum Gasteiger partial charge on any atom is -0.453 e. The number of carbonyl (C=O) groups is 1. The van der Waals surface area contributed by atoms with Gasteiger partial charge in [-0.3, -0.25) is 15.2 Å². The van der Waals surface area contributed by atoms with Crippen molar-refractivity contribution in [2.45, 2.75) is 6.92 Å². The van der Waals surface area contributed by atoms with E-state index in [0.717, 1.165) is 5.69 Å². The Morgan fingerprint density at radius 3 is 2.50 bits per heavy atom. The van der Waals surface area contributed by atoms with Gasteiger partial charge in [-0.25, -0.2) is 9.48 Å². The van der Waals surface area contributed by atoms with Crippen molar-refractivity contribution in [3.63, 3.8) is 0 Å². The van der Waals surface area contributed by atoms with Crippen molar-refractivity contribution in [2.24, 2.45) is 0 Å². The van der Waals surface area contributed by atoms with Crippen molar-refractivity contribution in [1.82, 2.24) is 9.78 Å². The molecule has 0 spiro atoms. The van der Waals surface area contributed by atoms with Gasteiger partial charge in [-0.2, -0.15) is 0 Å². The van der Waals surface area contributed by atoms with Crippen molar-refractivity contribution in [3.8, 4) is 5.69 Å². The number of aromatic nitrogens is 2. The number of rotatable bonds is 2. The number of benzene rings is 1. The molecule has 0 saturated heterocycles. The summed E-state index contributed by atoms with van der Waals surface area (Å²) in [5.41, 5.74) is 1.96. The SMILES string of the molecule is COC(=O)Nc1ccc(-n2[nH]c(C)cc2=O)cc1. The fourth-order valence-electron chi connectivity index (χ4n) is 1.57. The van der Waals surface area contributed by atoms with E-state index in [2.05, 4.69) is 15.2 Å². The van der Waals surface area contributed by atoms with Crippen LogP contribution in [0.25, 0.3) is 5.69 Å². The molecular weight excluding hydrogens is 234 g/mol. The standard InChI is InChI=1S/C12H13N3O3/c1-8-7-11(16)15(14-8)10-5-3-9(4-6-10)13-12(17)18-2/h3-7,14H,1-2H3,(H,13,17). The highest BCUT2D eigenvalue weighted by molar-refractivity contribution is 5.84. The summed E-state index contributed by atoms with van der Waals surface area (Å²) in [5.74, 6) is 0. The Bertz CT molecular complexity index is 610. The van der Waals surface area contributed by atoms with Crippen molar-refractivity contribution < 1.29 is 9.53 Å². The van der Waals surface area contributed by atoms with E-state index in [1.165, 1.54) is 17.9 Å². The zero-order valence-corrected chi connectivity index (χ0v) is 10.1. The van der Waals surface area contributed by atoms with Crippen LogP contribution in [0.5, 0.6) is 0 Å². The molecule has 1 aromatic heterocycles. The van der Waals surface area contributed by atoms with Gasteiger partial charge in [0, 0.05) is 17.4 Å². The number of H-pyrrole nitrogens is 1. The van der Waals surface area contributed by atoms with E-state index in [9.17, 15) is 9.59 Å². The molecule has 0 bridgehead atoms. The Hall–Kier alpha value is -2.50. The molecular formula is C12H13N3O3. The highest BCUT2D eigenvalue weighted by Gasteiger charge is 2.04. The number of carbonyl (C=O) groups excluding carboxylic acids is 1. The van der Waals surface area contributed by atoms with Crippen LogP contribution in [0, 0.1) is 6.92 Å². The highest BCUT2D eigenvalue weighted by Crippen LogP contribution is 2.11. The molecule has 6 heteroatoms. The Labute approximate surface area is 103 Å². The van der Waals surface area contributed by atoms with Crippen molar-refractivity contribution in [1.29, 1.82) is 0 Å². The van der Waals surface area contributed by atoms with Gasteiger partial charge in [-0.1, -0.05) is 0 Å². The van der Waals surface area contributed by atoms with Crippen LogP contribution in [-0.4, -0.2) is 23.0 Å². The summed E-state index contributed by atoms with van der Waals surface area (Å²) < 4.78 is 5.91. The second kappa shape index (κ2) is 4.79. The maximum atomic E-state index is 11.6. The molecule has 0 aliphatic heterocycles. The van der Waals surface area contributed by atoms with Gasteiger partial charge in [-0.05, 0) is 31.2 Å². The Morgan fingerprint density at radius 1 is 1.33 bits per heavy atom. The van der Waals surface area contributed by atoms with Crippen LogP contribution in [0.1, 0.15) is 5.69 Å². The first-order chi connectivity index (χ1) is 8.60. The molecule has 2 aromatic rings. The van der Waals surface area contributed by atoms with E-state index in [-0.39, 0.29) is 5.56 Å². The summed E-state index contributed by atoms with van der Waals surface area (Å²) in [6.07, 6.45) is -0.532. The molecule has 0 atom stereocenters. The molecule has 0 aliphatic carbocycles. The normalized spacial score (nSPS) is 10.1. The summed E-state index contributed by atoms with van der Waals surface area (Å²) in [7, 11) is 1.30. The average molecular weight is 247 g/mol. The van der Waals surface area contributed by atoms with Crippen LogP contribution in [0.4, 0.5) is 10.5 Å². The molecule has 0 fully saturated rings. The van der Waals surface area contributed by atoms with Gasteiger partial charge < -0.3 is 4.74 Å². The first kappa shape index (κ1) is 12.0. The van der Waals surface area contributed by atoms with E-state index < -0.39 is 6.09 Å². The van der Waals surface area contributed by atoms with E-state index in [0.29, 0.717) is 11.4 Å². The van der Waals surface area contributed by atoms with Gasteiger partial charge in [0.1, 0.15) is 0 Å². The Morgan fingerprint density at radius 2 is 2.00 bits per heavy atom. The van der Waals surface area contributed by atoms with Gasteiger partial charge in [0.05, 0.1) is 12.8 Å². The first-order valence-electron chi connectivity index (χ1n) is 5.34. The number of ether oxygens (including phenoxy) is 1. The van der Waals surface area contributed by atoms with Gasteiger partial charge in [-0.15, -0.1) is 0 Å². The van der Waals surface area contributed by atoms with Gasteiger partial charge in [0.25, 0.3) is 5.56 Å². The van der Waals surface area contributed by atoms with Crippen LogP contribution >= 0.6 is 0 Å². The number of nitrogens with one attached hydrogen (secondary N) is 2. The van der Waals surface area contributed by atoms with Crippen LogP contribution in [0.3, 0.4) is 0 Å². The van der Waals surface area contributed by atoms with Gasteiger partial charge >= 0.3 is 6.09 Å². The van der Waals surface area contributed by atoms with Crippen LogP contribution in [-0.2, 0) is 4.74 Å². The van der Waals surface area contributed by atoms with E-state index >= 15 is 0 Å². The van der Waals surface area contributed by atoms with Crippen LogP contribution < -0.4 is 10.9 Å². The highest BCUT2D eigenvalue weighted by atomic mass is 16.5. The summed E-state index contributed by atoms with van der Waals surface area (Å²) in [6.45, 7) is 1.81. The second-order valence-electron chi connectivity index (χ2n) is 3.78. The summed E-state index contributed by atoms with van der Waals surface area (Å²) in [4.78, 5) is 22.6. The number of hydrogen-bond donors (Lipinski definition) is 2. The average Bonchev–Trinajstić information content (AvgIpc) is 2.69. The molecule has 0 aliphatic rings. The number of anilines is 1. The predicted molar refractivity (Wildman–Crippen MR) is 67.2 cm³/mol. The number of aryl methyl sites for hydroxylation is 1. The lowest BCUT2D eigenvalue weighted by Crippen LogP contribution is -2.14. The maximum Gasteiger partial charge on any atom is 0.411 e. The summed E-state index contributed by atoms with van der Waals surface area (Å²) in [5, 5.41) is 5.46. The number of methoxy groups -OCH3 is 1. The molecule has 1 heterocycles. The van der Waals surface area contributed by atoms with E-state index in [1.807, 2.05) is 6.92 Å². The molecule has 0 radical (unpaired) electrons. The third-order valence-electron chi connectivity index (χ3n) is 2.41. The van der Waals surface area contributed by atoms with Crippen molar-refractivity contribution in [3.05, 3.63) is 46.4 Å². The lowest BCUT2D eigenvalue weighted by atomic mass is 10.3. The second-order valence-corrected chi connectivity index (χ2v) is 3.78. The fourth-order valence-corrected chi connectivity index (χ4v) is 1.57. The first-order valence-corrected chi connectivity index (χ1v) is 5.34. The molecule has 0 unspecified atom stereocenters. The minimum atomic E-state index is -0.532. The molecule has 1 aromatic carbocycles. The van der Waals surface area contributed by atoms with E-state index in [1.54, 1.807) is 24.3 Å². The largest absolute Gasteiger partial charge is 0.453 e. The van der Waals surface area contributed by atoms with E-state index in [4.69, 9.17) is 0 Å². The zero-order valence-electron chi connectivity index (χ0n) is 10.1. The maximum absolute atomic E-state index is 11.6. The van der Waals surface area contributed by atoms with Crippen molar-refractivity contribution >= 4 is 11.8 Å². The smallest absolute Gasteiger partial charge is 0.411 e. The molecule has 2 rings (SSSR count). The Balaban J connectivity index is 2.25. The van der Waals surface area contributed by atoms with Crippen LogP contribution in [0.2, 0.25) is 0 Å². The molecule has 2 N–H and O–H groups in total. The monoisotopic (exact) mass is 247 g/mol. The number of hydrogen-bond acceptors (Lipinski definition) is 3. The summed E-state index contributed by atoms with van der Waals surface area (Å²) in [6, 6.07) is 8.34. The zero-order chi connectivity index (χ0) is 13.1. The molecule has 94 valence electrons. The topological polar surface area (TPSA) is 76.1 Å². The molecule has 6 nitrogen and oxygen atoms in total. The van der Waals surface area contributed by atoms with Gasteiger partial charge in [0.2, 0.25) is 0 Å². The molecule has 18 heavy (non-hydrogen) atoms. The lowest BCUT2D eigenvalue weighted by Gasteiger charge is -2.05. The number of amides is 1. The quantitative estimate of drug-likeness (QED) is 0.847. The van der Waals surface area contributed by atoms with Crippen LogP contribution in [0.15, 0.2) is 35.1 Å². The minimum absolute atomic E-state index is 0.124. The molecule has 0 saturated carbocycles. The van der Waals surface area contributed by atoms with Crippen molar-refractivity contribution in [2.75, 3.05) is 12.4 Å². The summed E-state index contributed by atoms with van der Waals surface area (Å²) >= 11 is 0. The lowest BCUT2D eigenvalue weighted by molar-refractivity contribution is 0.187.